The van der Waals surface area contributed by atoms with Crippen LogP contribution < -0.4 is 5.32 Å². The Labute approximate surface area is 108 Å². The Hall–Kier alpha value is -1.12. The summed E-state index contributed by atoms with van der Waals surface area (Å²) in [5.41, 5.74) is 1.39. The number of hydrogen-bond acceptors (Lipinski definition) is 2. The van der Waals surface area contributed by atoms with E-state index >= 15 is 0 Å². The third kappa shape index (κ3) is 3.18. The van der Waals surface area contributed by atoms with E-state index in [4.69, 9.17) is 0 Å². The maximum absolute atomic E-state index is 3.41. The molecule has 1 aromatic carbocycles. The second-order valence-corrected chi connectivity index (χ2v) is 5.39. The number of nitrogens with one attached hydrogen (secondary N) is 1. The quantitative estimate of drug-likeness (QED) is 0.844. The summed E-state index contributed by atoms with van der Waals surface area (Å²) in [6.45, 7) is 2.21. The van der Waals surface area contributed by atoms with Crippen LogP contribution in [0.3, 0.4) is 0 Å². The zero-order valence-corrected chi connectivity index (χ0v) is 11.3. The van der Waals surface area contributed by atoms with Crippen molar-refractivity contribution < 1.29 is 0 Å². The van der Waals surface area contributed by atoms with Crippen LogP contribution in [0.5, 0.6) is 0 Å². The van der Waals surface area contributed by atoms with E-state index in [1.54, 1.807) is 0 Å². The molecule has 0 radical (unpaired) electrons. The van der Waals surface area contributed by atoms with E-state index in [0.717, 1.165) is 12.8 Å². The minimum atomic E-state index is 0.433. The van der Waals surface area contributed by atoms with E-state index in [1.807, 2.05) is 18.4 Å². The Morgan fingerprint density at radius 1 is 1.12 bits per heavy atom. The van der Waals surface area contributed by atoms with Gasteiger partial charge in [0.05, 0.1) is 0 Å². The maximum atomic E-state index is 3.41. The zero-order chi connectivity index (χ0) is 12.1. The van der Waals surface area contributed by atoms with E-state index in [9.17, 15) is 0 Å². The first kappa shape index (κ1) is 12.3. The third-order valence-electron chi connectivity index (χ3n) is 3.01. The van der Waals surface area contributed by atoms with Gasteiger partial charge < -0.3 is 5.32 Å². The molecule has 0 aliphatic heterocycles. The van der Waals surface area contributed by atoms with Crippen LogP contribution in [0.4, 0.5) is 0 Å². The second-order valence-electron chi connectivity index (χ2n) is 4.19. The summed E-state index contributed by atoms with van der Waals surface area (Å²) in [6.07, 6.45) is 2.19. The highest BCUT2D eigenvalue weighted by atomic mass is 32.1. The topological polar surface area (TPSA) is 12.0 Å². The molecular weight excluding hydrogens is 226 g/mol. The van der Waals surface area contributed by atoms with Gasteiger partial charge in [-0.3, -0.25) is 0 Å². The molecule has 1 aromatic heterocycles. The maximum Gasteiger partial charge on any atom is 0.0453 e. The van der Waals surface area contributed by atoms with Crippen LogP contribution >= 0.6 is 11.3 Å². The normalized spacial score (nSPS) is 12.6. The molecule has 2 aromatic rings. The highest BCUT2D eigenvalue weighted by molar-refractivity contribution is 7.12. The van der Waals surface area contributed by atoms with Crippen LogP contribution in [0.25, 0.3) is 0 Å². The van der Waals surface area contributed by atoms with Gasteiger partial charge in [-0.15, -0.1) is 11.3 Å². The lowest BCUT2D eigenvalue weighted by molar-refractivity contribution is 0.602. The van der Waals surface area contributed by atoms with Crippen LogP contribution in [-0.2, 0) is 12.8 Å². The van der Waals surface area contributed by atoms with Crippen molar-refractivity contribution in [2.75, 3.05) is 7.05 Å². The van der Waals surface area contributed by atoms with Gasteiger partial charge in [-0.1, -0.05) is 37.3 Å². The van der Waals surface area contributed by atoms with Gasteiger partial charge in [0.15, 0.2) is 0 Å². The van der Waals surface area contributed by atoms with Crippen molar-refractivity contribution in [3.63, 3.8) is 0 Å². The van der Waals surface area contributed by atoms with E-state index in [2.05, 4.69) is 54.7 Å². The van der Waals surface area contributed by atoms with Crippen molar-refractivity contribution in [2.45, 2.75) is 25.8 Å². The molecule has 0 amide bonds. The van der Waals surface area contributed by atoms with Gasteiger partial charge in [0, 0.05) is 15.8 Å². The number of aryl methyl sites for hydroxylation is 1. The van der Waals surface area contributed by atoms with Gasteiger partial charge in [-0.25, -0.2) is 0 Å². The van der Waals surface area contributed by atoms with Crippen molar-refractivity contribution in [1.29, 1.82) is 0 Å². The summed E-state index contributed by atoms with van der Waals surface area (Å²) >= 11 is 1.92. The molecular formula is C15H19NS. The van der Waals surface area contributed by atoms with Gasteiger partial charge in [-0.2, -0.15) is 0 Å². The Morgan fingerprint density at radius 2 is 1.88 bits per heavy atom. The molecule has 1 heterocycles. The van der Waals surface area contributed by atoms with Crippen LogP contribution in [0.1, 0.15) is 28.3 Å². The average molecular weight is 245 g/mol. The van der Waals surface area contributed by atoms with Crippen LogP contribution in [0.2, 0.25) is 0 Å². The summed E-state index contributed by atoms with van der Waals surface area (Å²) in [4.78, 5) is 2.90. The largest absolute Gasteiger partial charge is 0.312 e. The van der Waals surface area contributed by atoms with Crippen LogP contribution in [0.15, 0.2) is 42.5 Å². The molecule has 0 aliphatic carbocycles. The van der Waals surface area contributed by atoms with Gasteiger partial charge in [0.1, 0.15) is 0 Å². The Balaban J connectivity index is 2.11. The number of thiophene rings is 1. The standard InChI is InChI=1S/C15H19NS/c1-3-13-9-10-15(17-13)14(16-2)11-12-7-5-4-6-8-12/h4-10,14,16H,3,11H2,1-2H3. The van der Waals surface area contributed by atoms with E-state index < -0.39 is 0 Å². The van der Waals surface area contributed by atoms with Crippen LogP contribution in [0, 0.1) is 0 Å². The first-order valence-corrected chi connectivity index (χ1v) is 6.95. The van der Waals surface area contributed by atoms with Crippen molar-refractivity contribution >= 4 is 11.3 Å². The average Bonchev–Trinajstić information content (AvgIpc) is 2.86. The number of hydrogen-bond donors (Lipinski definition) is 1. The summed E-state index contributed by atoms with van der Waals surface area (Å²) < 4.78 is 0. The Kier molecular flexibility index (Phi) is 4.35. The monoisotopic (exact) mass is 245 g/mol. The summed E-state index contributed by atoms with van der Waals surface area (Å²) in [5, 5.41) is 3.41. The van der Waals surface area contributed by atoms with E-state index in [-0.39, 0.29) is 0 Å². The molecule has 0 saturated heterocycles. The van der Waals surface area contributed by atoms with Gasteiger partial charge in [0.25, 0.3) is 0 Å². The van der Waals surface area contributed by atoms with E-state index in [0.29, 0.717) is 6.04 Å². The lowest BCUT2D eigenvalue weighted by Crippen LogP contribution is -2.17. The zero-order valence-electron chi connectivity index (χ0n) is 10.4. The van der Waals surface area contributed by atoms with Crippen molar-refractivity contribution in [3.8, 4) is 0 Å². The molecule has 1 nitrogen and oxygen atoms in total. The van der Waals surface area contributed by atoms with Crippen molar-refractivity contribution in [1.82, 2.24) is 5.32 Å². The molecule has 1 N–H and O–H groups in total. The molecule has 90 valence electrons. The molecule has 0 spiro atoms. The predicted octanol–water partition coefficient (Wildman–Crippen LogP) is 3.81. The fraction of sp³-hybridized carbons (Fsp3) is 0.333. The predicted molar refractivity (Wildman–Crippen MR) is 75.6 cm³/mol. The molecule has 0 bridgehead atoms. The fourth-order valence-corrected chi connectivity index (χ4v) is 3.03. The van der Waals surface area contributed by atoms with Gasteiger partial charge >= 0.3 is 0 Å². The molecule has 1 unspecified atom stereocenters. The summed E-state index contributed by atoms with van der Waals surface area (Å²) in [6, 6.07) is 15.6. The van der Waals surface area contributed by atoms with Crippen LogP contribution in [-0.4, -0.2) is 7.05 Å². The van der Waals surface area contributed by atoms with Crippen molar-refractivity contribution in [2.24, 2.45) is 0 Å². The Bertz CT molecular complexity index is 447. The minimum Gasteiger partial charge on any atom is -0.312 e. The molecule has 17 heavy (non-hydrogen) atoms. The molecule has 0 saturated carbocycles. The SMILES string of the molecule is CCc1ccc(C(Cc2ccccc2)NC)s1. The summed E-state index contributed by atoms with van der Waals surface area (Å²) in [5.74, 6) is 0. The highest BCUT2D eigenvalue weighted by Gasteiger charge is 2.12. The molecule has 0 aliphatic rings. The highest BCUT2D eigenvalue weighted by Crippen LogP contribution is 2.26. The smallest absolute Gasteiger partial charge is 0.0453 e. The van der Waals surface area contributed by atoms with E-state index in [1.165, 1.54) is 15.3 Å². The molecule has 0 fully saturated rings. The summed E-state index contributed by atoms with van der Waals surface area (Å²) in [7, 11) is 2.04. The number of benzene rings is 1. The molecule has 1 atom stereocenters. The Morgan fingerprint density at radius 3 is 2.47 bits per heavy atom. The number of rotatable bonds is 5. The first-order valence-electron chi connectivity index (χ1n) is 6.13. The molecule has 2 rings (SSSR count). The third-order valence-corrected chi connectivity index (χ3v) is 4.35. The lowest BCUT2D eigenvalue weighted by Gasteiger charge is -2.14. The van der Waals surface area contributed by atoms with Crippen molar-refractivity contribution in [3.05, 3.63) is 57.8 Å². The first-order chi connectivity index (χ1) is 8.33. The lowest BCUT2D eigenvalue weighted by atomic mass is 10.1. The fourth-order valence-electron chi connectivity index (χ4n) is 1.97. The molecule has 2 heteroatoms. The minimum absolute atomic E-state index is 0.433. The number of likely N-dealkylation sites (N-methyl/N-ethyl adjacent to an activating group) is 1. The van der Waals surface area contributed by atoms with Gasteiger partial charge in [0.2, 0.25) is 0 Å². The van der Waals surface area contributed by atoms with Gasteiger partial charge in [-0.05, 0) is 37.6 Å². The second kappa shape index (κ2) is 5.99.